The van der Waals surface area contributed by atoms with Gasteiger partial charge in [-0.3, -0.25) is 9.59 Å². The van der Waals surface area contributed by atoms with Crippen molar-refractivity contribution in [2.45, 2.75) is 30.8 Å². The minimum absolute atomic E-state index is 0.000361. The molecule has 0 spiro atoms. The lowest BCUT2D eigenvalue weighted by molar-refractivity contribution is -0.130. The van der Waals surface area contributed by atoms with Crippen LogP contribution in [0.1, 0.15) is 18.4 Å². The Morgan fingerprint density at radius 3 is 2.76 bits per heavy atom. The van der Waals surface area contributed by atoms with E-state index in [0.29, 0.717) is 17.6 Å². The molecular weight excluding hydrogens is 321 g/mol. The summed E-state index contributed by atoms with van der Waals surface area (Å²) < 4.78 is 13.7. The highest BCUT2D eigenvalue weighted by Gasteiger charge is 2.61. The summed E-state index contributed by atoms with van der Waals surface area (Å²) in [4.78, 5) is 24.5. The second-order valence-electron chi connectivity index (χ2n) is 6.39. The average Bonchev–Trinajstić information content (AvgIpc) is 3.30. The highest BCUT2D eigenvalue weighted by molar-refractivity contribution is 5.95. The van der Waals surface area contributed by atoms with Gasteiger partial charge in [-0.2, -0.15) is 0 Å². The molecule has 5 nitrogen and oxygen atoms in total. The Kier molecular flexibility index (Phi) is 5.74. The maximum atomic E-state index is 13.7. The molecule has 3 atom stereocenters. The third-order valence-corrected chi connectivity index (χ3v) is 4.55. The molecule has 2 amide bonds. The zero-order valence-electron chi connectivity index (χ0n) is 14.3. The number of hydrogen-bond acceptors (Lipinski definition) is 3. The number of allylic oxidation sites excluding steroid dienone is 1. The number of likely N-dealkylation sites (N-methyl/N-ethyl adjacent to an activating group) is 1. The maximum Gasteiger partial charge on any atom is 0.246 e. The van der Waals surface area contributed by atoms with Crippen molar-refractivity contribution in [2.75, 3.05) is 7.05 Å². The zero-order chi connectivity index (χ0) is 18.6. The minimum Gasteiger partial charge on any atom is -0.357 e. The van der Waals surface area contributed by atoms with Gasteiger partial charge >= 0.3 is 0 Å². The Morgan fingerprint density at radius 1 is 1.48 bits per heavy atom. The highest BCUT2D eigenvalue weighted by Crippen LogP contribution is 2.48. The van der Waals surface area contributed by atoms with Gasteiger partial charge in [0.1, 0.15) is 11.4 Å². The third kappa shape index (κ3) is 4.14. The number of carbonyl (C=O) groups excluding carboxylic acids is 2. The van der Waals surface area contributed by atoms with Gasteiger partial charge in [0.25, 0.3) is 0 Å². The van der Waals surface area contributed by atoms with Crippen molar-refractivity contribution in [1.29, 1.82) is 0 Å². The van der Waals surface area contributed by atoms with E-state index in [4.69, 9.17) is 5.73 Å². The number of carbonyl (C=O) groups is 2. The zero-order valence-corrected chi connectivity index (χ0v) is 14.3. The van der Waals surface area contributed by atoms with Crippen molar-refractivity contribution < 1.29 is 14.0 Å². The molecule has 0 aromatic heterocycles. The molecule has 0 heterocycles. The van der Waals surface area contributed by atoms with Crippen molar-refractivity contribution in [1.82, 2.24) is 10.6 Å². The van der Waals surface area contributed by atoms with Crippen molar-refractivity contribution in [3.05, 3.63) is 60.5 Å². The summed E-state index contributed by atoms with van der Waals surface area (Å²) >= 11 is 0. The summed E-state index contributed by atoms with van der Waals surface area (Å²) in [6.07, 6.45) is 2.31. The van der Waals surface area contributed by atoms with E-state index in [1.54, 1.807) is 24.3 Å². The van der Waals surface area contributed by atoms with Gasteiger partial charge in [0.15, 0.2) is 0 Å². The number of amides is 2. The lowest BCUT2D eigenvalue weighted by Gasteiger charge is -2.20. The summed E-state index contributed by atoms with van der Waals surface area (Å²) in [5.41, 5.74) is 6.16. The number of hydrogen-bond donors (Lipinski definition) is 3. The first-order chi connectivity index (χ1) is 11.8. The Balaban J connectivity index is 1.98. The monoisotopic (exact) mass is 345 g/mol. The minimum atomic E-state index is -0.991. The van der Waals surface area contributed by atoms with Gasteiger partial charge in [0.2, 0.25) is 11.8 Å². The first-order valence-corrected chi connectivity index (χ1v) is 8.17. The smallest absolute Gasteiger partial charge is 0.246 e. The molecule has 4 N–H and O–H groups in total. The molecule has 2 rings (SSSR count). The van der Waals surface area contributed by atoms with E-state index in [1.165, 1.54) is 13.1 Å². The summed E-state index contributed by atoms with van der Waals surface area (Å²) in [6.45, 7) is 7.52. The summed E-state index contributed by atoms with van der Waals surface area (Å²) in [6, 6.07) is 5.78. The second-order valence-corrected chi connectivity index (χ2v) is 6.39. The predicted molar refractivity (Wildman–Crippen MR) is 95.1 cm³/mol. The molecule has 0 bridgehead atoms. The molecule has 1 aliphatic carbocycles. The summed E-state index contributed by atoms with van der Waals surface area (Å²) in [5.74, 6) is -1.12. The molecule has 1 aliphatic rings. The Morgan fingerprint density at radius 2 is 2.16 bits per heavy atom. The van der Waals surface area contributed by atoms with E-state index in [-0.39, 0.29) is 36.4 Å². The van der Waals surface area contributed by atoms with Crippen LogP contribution < -0.4 is 16.4 Å². The van der Waals surface area contributed by atoms with Crippen molar-refractivity contribution >= 4 is 11.8 Å². The Labute approximate surface area is 147 Å². The van der Waals surface area contributed by atoms with Gasteiger partial charge in [-0.25, -0.2) is 4.39 Å². The fourth-order valence-electron chi connectivity index (χ4n) is 3.08. The molecule has 1 aromatic rings. The molecule has 0 saturated heterocycles. The van der Waals surface area contributed by atoms with Crippen LogP contribution in [0.15, 0.2) is 49.1 Å². The van der Waals surface area contributed by atoms with E-state index in [0.717, 1.165) is 0 Å². The first-order valence-electron chi connectivity index (χ1n) is 8.17. The number of rotatable bonds is 8. The standard InChI is InChI=1S/C19H24FN3O2/c1-4-12(2)15-11-19(15,18(25)22-3)23-17(24)10-14(21)9-13-7-5-6-8-16(13)20/h4-8,14-15H,1-2,9-11,21H2,3H3,(H,22,25)(H,23,24). The van der Waals surface area contributed by atoms with E-state index >= 15 is 0 Å². The molecule has 1 aromatic carbocycles. The van der Waals surface area contributed by atoms with Gasteiger partial charge in [0, 0.05) is 25.4 Å². The van der Waals surface area contributed by atoms with Crippen LogP contribution >= 0.6 is 0 Å². The normalized spacial score (nSPS) is 22.6. The topological polar surface area (TPSA) is 84.2 Å². The molecule has 25 heavy (non-hydrogen) atoms. The fraction of sp³-hybridized carbons (Fsp3) is 0.368. The van der Waals surface area contributed by atoms with Gasteiger partial charge in [0.05, 0.1) is 0 Å². The number of nitrogens with one attached hydrogen (secondary N) is 2. The molecule has 0 radical (unpaired) electrons. The van der Waals surface area contributed by atoms with Crippen LogP contribution in [0.4, 0.5) is 4.39 Å². The molecule has 6 heteroatoms. The van der Waals surface area contributed by atoms with Crippen LogP contribution in [0, 0.1) is 11.7 Å². The molecule has 134 valence electrons. The Hall–Kier alpha value is -2.47. The summed E-state index contributed by atoms with van der Waals surface area (Å²) in [5, 5.41) is 5.35. The second kappa shape index (κ2) is 7.61. The molecule has 1 saturated carbocycles. The van der Waals surface area contributed by atoms with Gasteiger partial charge in [-0.05, 0) is 30.0 Å². The van der Waals surface area contributed by atoms with Crippen LogP contribution in [0.2, 0.25) is 0 Å². The van der Waals surface area contributed by atoms with Crippen molar-refractivity contribution in [2.24, 2.45) is 11.7 Å². The van der Waals surface area contributed by atoms with Gasteiger partial charge in [-0.1, -0.05) is 37.4 Å². The number of halogens is 1. The lowest BCUT2D eigenvalue weighted by atomic mass is 10.0. The fourth-order valence-corrected chi connectivity index (χ4v) is 3.08. The largest absolute Gasteiger partial charge is 0.357 e. The first kappa shape index (κ1) is 18.9. The van der Waals surface area contributed by atoms with Crippen molar-refractivity contribution in [3.8, 4) is 0 Å². The molecule has 3 unspecified atom stereocenters. The van der Waals surface area contributed by atoms with Crippen LogP contribution in [-0.4, -0.2) is 30.4 Å². The number of benzene rings is 1. The lowest BCUT2D eigenvalue weighted by Crippen LogP contribution is -2.50. The highest BCUT2D eigenvalue weighted by atomic mass is 19.1. The maximum absolute atomic E-state index is 13.7. The average molecular weight is 345 g/mol. The predicted octanol–water partition coefficient (Wildman–Crippen LogP) is 1.45. The van der Waals surface area contributed by atoms with E-state index in [9.17, 15) is 14.0 Å². The van der Waals surface area contributed by atoms with E-state index in [2.05, 4.69) is 23.8 Å². The van der Waals surface area contributed by atoms with Crippen LogP contribution in [0.25, 0.3) is 0 Å². The molecule has 1 fully saturated rings. The Bertz CT molecular complexity index is 704. The SMILES string of the molecule is C=CC(=C)C1CC1(NC(=O)CC(N)Cc1ccccc1F)C(=O)NC. The third-order valence-electron chi connectivity index (χ3n) is 4.55. The van der Waals surface area contributed by atoms with Gasteiger partial charge in [-0.15, -0.1) is 0 Å². The van der Waals surface area contributed by atoms with Crippen molar-refractivity contribution in [3.63, 3.8) is 0 Å². The van der Waals surface area contributed by atoms with E-state index < -0.39 is 11.6 Å². The molecular formula is C19H24FN3O2. The summed E-state index contributed by atoms with van der Waals surface area (Å²) in [7, 11) is 1.52. The van der Waals surface area contributed by atoms with Gasteiger partial charge < -0.3 is 16.4 Å². The van der Waals surface area contributed by atoms with E-state index in [1.807, 2.05) is 0 Å². The number of nitrogens with two attached hydrogens (primary N) is 1. The quantitative estimate of drug-likeness (QED) is 0.624. The van der Waals surface area contributed by atoms with Crippen LogP contribution in [0.5, 0.6) is 0 Å². The van der Waals surface area contributed by atoms with Crippen LogP contribution in [-0.2, 0) is 16.0 Å². The molecule has 0 aliphatic heterocycles. The van der Waals surface area contributed by atoms with Crippen LogP contribution in [0.3, 0.4) is 0 Å².